The molecule has 3 rings (SSSR count). The molecule has 0 spiro atoms. The molecule has 1 fully saturated rings. The molecule has 0 bridgehead atoms. The standard InChI is InChI=1S/C20H29N5O6S/c1-4-30-20(27)17-5-6-18(31-17)32(28,29)25-9-7-15(8-10-25)19(26)22-16-13-21-24(14-16)12-11-23(2)3/h5-6,13-15H,4,7-12H2,1-3H3,(H,22,26). The maximum Gasteiger partial charge on any atom is 0.374 e. The van der Waals surface area contributed by atoms with Gasteiger partial charge in [-0.2, -0.15) is 9.40 Å². The van der Waals surface area contributed by atoms with Crippen LogP contribution in [0.5, 0.6) is 0 Å². The van der Waals surface area contributed by atoms with E-state index in [0.29, 0.717) is 25.1 Å². The molecule has 1 aliphatic heterocycles. The Bertz CT molecular complexity index is 1040. The van der Waals surface area contributed by atoms with Gasteiger partial charge in [0.2, 0.25) is 16.8 Å². The van der Waals surface area contributed by atoms with E-state index >= 15 is 0 Å². The number of anilines is 1. The van der Waals surface area contributed by atoms with Gasteiger partial charge in [-0.15, -0.1) is 0 Å². The lowest BCUT2D eigenvalue weighted by atomic mass is 9.97. The van der Waals surface area contributed by atoms with Gasteiger partial charge in [0.05, 0.1) is 25.0 Å². The second-order valence-corrected chi connectivity index (χ2v) is 9.67. The van der Waals surface area contributed by atoms with E-state index in [1.165, 1.54) is 16.4 Å². The molecule has 1 aliphatic rings. The summed E-state index contributed by atoms with van der Waals surface area (Å²) in [6, 6.07) is 2.53. The molecule has 0 aromatic carbocycles. The van der Waals surface area contributed by atoms with Gasteiger partial charge in [0.25, 0.3) is 10.0 Å². The van der Waals surface area contributed by atoms with Crippen LogP contribution in [-0.4, -0.2) is 79.6 Å². The van der Waals surface area contributed by atoms with Crippen LogP contribution in [0, 0.1) is 5.92 Å². The molecule has 0 aliphatic carbocycles. The molecule has 2 aromatic rings. The fourth-order valence-electron chi connectivity index (χ4n) is 3.35. The first-order valence-electron chi connectivity index (χ1n) is 10.5. The van der Waals surface area contributed by atoms with Gasteiger partial charge >= 0.3 is 5.97 Å². The van der Waals surface area contributed by atoms with Gasteiger partial charge in [0.15, 0.2) is 0 Å². The first-order valence-corrected chi connectivity index (χ1v) is 11.9. The molecule has 11 nitrogen and oxygen atoms in total. The zero-order valence-corrected chi connectivity index (χ0v) is 19.3. The lowest BCUT2D eigenvalue weighted by Gasteiger charge is -2.29. The summed E-state index contributed by atoms with van der Waals surface area (Å²) in [6.07, 6.45) is 4.14. The second-order valence-electron chi connectivity index (χ2n) is 7.80. The van der Waals surface area contributed by atoms with Crippen molar-refractivity contribution in [1.82, 2.24) is 19.0 Å². The Balaban J connectivity index is 1.54. The van der Waals surface area contributed by atoms with E-state index in [2.05, 4.69) is 10.4 Å². The van der Waals surface area contributed by atoms with Crippen LogP contribution < -0.4 is 5.32 Å². The van der Waals surface area contributed by atoms with Gasteiger partial charge in [-0.1, -0.05) is 0 Å². The van der Waals surface area contributed by atoms with Gasteiger partial charge in [-0.25, -0.2) is 13.2 Å². The van der Waals surface area contributed by atoms with E-state index in [-0.39, 0.29) is 42.4 Å². The quantitative estimate of drug-likeness (QED) is 0.546. The number of carbonyl (C=O) groups is 2. The van der Waals surface area contributed by atoms with Crippen LogP contribution in [0.1, 0.15) is 30.3 Å². The Morgan fingerprint density at radius 2 is 2.00 bits per heavy atom. The summed E-state index contributed by atoms with van der Waals surface area (Å²) < 4.78 is 38.7. The summed E-state index contributed by atoms with van der Waals surface area (Å²) in [6.45, 7) is 3.71. The Labute approximate surface area is 187 Å². The van der Waals surface area contributed by atoms with Crippen molar-refractivity contribution in [2.75, 3.05) is 45.7 Å². The van der Waals surface area contributed by atoms with E-state index in [9.17, 15) is 18.0 Å². The van der Waals surface area contributed by atoms with Gasteiger partial charge < -0.3 is 19.4 Å². The van der Waals surface area contributed by atoms with Gasteiger partial charge in [-0.3, -0.25) is 9.48 Å². The number of furan rings is 1. The highest BCUT2D eigenvalue weighted by Gasteiger charge is 2.34. The van der Waals surface area contributed by atoms with Crippen LogP contribution in [0.3, 0.4) is 0 Å². The summed E-state index contributed by atoms with van der Waals surface area (Å²) in [4.78, 5) is 26.4. The first-order chi connectivity index (χ1) is 15.2. The molecule has 1 saturated heterocycles. The van der Waals surface area contributed by atoms with Crippen LogP contribution in [-0.2, 0) is 26.1 Å². The number of rotatable bonds is 9. The smallest absolute Gasteiger partial charge is 0.374 e. The number of ether oxygens (including phenoxy) is 1. The normalized spacial score (nSPS) is 15.8. The van der Waals surface area contributed by atoms with Crippen LogP contribution in [0.15, 0.2) is 34.0 Å². The number of aromatic nitrogens is 2. The molecule has 0 atom stereocenters. The number of piperidine rings is 1. The number of hydrogen-bond donors (Lipinski definition) is 1. The molecule has 1 amide bonds. The van der Waals surface area contributed by atoms with Gasteiger partial charge in [0.1, 0.15) is 0 Å². The maximum atomic E-state index is 12.8. The third kappa shape index (κ3) is 5.75. The number of carbonyl (C=O) groups excluding carboxylic acids is 2. The van der Waals surface area contributed by atoms with Crippen molar-refractivity contribution in [3.8, 4) is 0 Å². The van der Waals surface area contributed by atoms with Crippen LogP contribution in [0.25, 0.3) is 0 Å². The van der Waals surface area contributed by atoms with E-state index in [4.69, 9.17) is 9.15 Å². The lowest BCUT2D eigenvalue weighted by molar-refractivity contribution is -0.120. The minimum absolute atomic E-state index is 0.156. The number of esters is 1. The highest BCUT2D eigenvalue weighted by atomic mass is 32.2. The fourth-order valence-corrected chi connectivity index (χ4v) is 4.73. The monoisotopic (exact) mass is 467 g/mol. The third-order valence-corrected chi connectivity index (χ3v) is 6.93. The van der Waals surface area contributed by atoms with Gasteiger partial charge in [0, 0.05) is 31.7 Å². The Morgan fingerprint density at radius 3 is 2.66 bits per heavy atom. The van der Waals surface area contributed by atoms with Crippen molar-refractivity contribution >= 4 is 27.6 Å². The number of nitrogens with zero attached hydrogens (tertiary/aromatic N) is 4. The summed E-state index contributed by atoms with van der Waals surface area (Å²) in [5, 5.41) is 6.78. The highest BCUT2D eigenvalue weighted by Crippen LogP contribution is 2.26. The number of amides is 1. The number of hydrogen-bond acceptors (Lipinski definition) is 8. The van der Waals surface area contributed by atoms with E-state index in [0.717, 1.165) is 6.54 Å². The molecule has 12 heteroatoms. The number of likely N-dealkylation sites (N-methyl/N-ethyl adjacent to an activating group) is 1. The van der Waals surface area contributed by atoms with Crippen LogP contribution in [0.2, 0.25) is 0 Å². The van der Waals surface area contributed by atoms with Crippen LogP contribution >= 0.6 is 0 Å². The van der Waals surface area contributed by atoms with E-state index < -0.39 is 16.0 Å². The average Bonchev–Trinajstić information content (AvgIpc) is 3.43. The van der Waals surface area contributed by atoms with Crippen molar-refractivity contribution in [2.45, 2.75) is 31.4 Å². The molecule has 2 aromatic heterocycles. The van der Waals surface area contributed by atoms with Crippen LogP contribution in [0.4, 0.5) is 5.69 Å². The molecule has 176 valence electrons. The van der Waals surface area contributed by atoms with Crippen molar-refractivity contribution in [3.63, 3.8) is 0 Å². The molecule has 3 heterocycles. The predicted molar refractivity (Wildman–Crippen MR) is 116 cm³/mol. The summed E-state index contributed by atoms with van der Waals surface area (Å²) in [7, 11) is 0.0544. The Hall–Kier alpha value is -2.70. The highest BCUT2D eigenvalue weighted by molar-refractivity contribution is 7.89. The third-order valence-electron chi connectivity index (χ3n) is 5.15. The van der Waals surface area contributed by atoms with Crippen molar-refractivity contribution < 1.29 is 27.2 Å². The number of sulfonamides is 1. The molecular formula is C20H29N5O6S. The van der Waals surface area contributed by atoms with E-state index in [1.54, 1.807) is 24.0 Å². The largest absolute Gasteiger partial charge is 0.460 e. The number of nitrogens with one attached hydrogen (secondary N) is 1. The van der Waals surface area contributed by atoms with Gasteiger partial charge in [-0.05, 0) is 46.0 Å². The second kappa shape index (κ2) is 10.3. The van der Waals surface area contributed by atoms with Crippen molar-refractivity contribution in [3.05, 3.63) is 30.3 Å². The average molecular weight is 468 g/mol. The minimum Gasteiger partial charge on any atom is -0.460 e. The summed E-state index contributed by atoms with van der Waals surface area (Å²) >= 11 is 0. The molecule has 0 saturated carbocycles. The summed E-state index contributed by atoms with van der Waals surface area (Å²) in [5.74, 6) is -1.34. The zero-order valence-electron chi connectivity index (χ0n) is 18.5. The van der Waals surface area contributed by atoms with Crippen molar-refractivity contribution in [1.29, 1.82) is 0 Å². The van der Waals surface area contributed by atoms with Crippen molar-refractivity contribution in [2.24, 2.45) is 5.92 Å². The fraction of sp³-hybridized carbons (Fsp3) is 0.550. The molecule has 0 radical (unpaired) electrons. The minimum atomic E-state index is -3.90. The topological polar surface area (TPSA) is 127 Å². The molecule has 0 unspecified atom stereocenters. The Kier molecular flexibility index (Phi) is 7.69. The first kappa shape index (κ1) is 24.0. The predicted octanol–water partition coefficient (Wildman–Crippen LogP) is 1.25. The zero-order chi connectivity index (χ0) is 23.3. The van der Waals surface area contributed by atoms with E-state index in [1.807, 2.05) is 19.0 Å². The lowest BCUT2D eigenvalue weighted by Crippen LogP contribution is -2.41. The summed E-state index contributed by atoms with van der Waals surface area (Å²) in [5.41, 5.74) is 0.617. The molecular weight excluding hydrogens is 438 g/mol. The molecule has 32 heavy (non-hydrogen) atoms. The Morgan fingerprint density at radius 1 is 1.28 bits per heavy atom. The SMILES string of the molecule is CCOC(=O)c1ccc(S(=O)(=O)N2CCC(C(=O)Nc3cnn(CCN(C)C)c3)CC2)o1. The maximum absolute atomic E-state index is 12.8. The molecule has 1 N–H and O–H groups in total.